The minimum absolute atomic E-state index is 0.178. The largest absolute Gasteiger partial charge is 0.458 e. The van der Waals surface area contributed by atoms with Crippen molar-refractivity contribution in [1.82, 2.24) is 4.57 Å². The van der Waals surface area contributed by atoms with Gasteiger partial charge < -0.3 is 9.30 Å². The van der Waals surface area contributed by atoms with Gasteiger partial charge >= 0.3 is 5.97 Å². The van der Waals surface area contributed by atoms with Gasteiger partial charge in [-0.25, -0.2) is 13.2 Å². The molecule has 0 saturated heterocycles. The molecule has 1 aromatic rings. The molecule has 0 amide bonds. The summed E-state index contributed by atoms with van der Waals surface area (Å²) in [7, 11) is -3.07. The second kappa shape index (κ2) is 6.22. The maximum absolute atomic E-state index is 12.3. The van der Waals surface area contributed by atoms with E-state index >= 15 is 0 Å². The molecule has 1 aromatic heterocycles. The lowest BCUT2D eigenvalue weighted by molar-refractivity contribution is 0.0201. The zero-order valence-corrected chi connectivity index (χ0v) is 13.6. The molecule has 0 N–H and O–H groups in total. The lowest BCUT2D eigenvalue weighted by atomic mass is 9.97. The van der Waals surface area contributed by atoms with Gasteiger partial charge in [-0.15, -0.1) is 0 Å². The predicted octanol–water partition coefficient (Wildman–Crippen LogP) is 2.58. The second-order valence-corrected chi connectivity index (χ2v) is 8.37. The highest BCUT2D eigenvalue weighted by Crippen LogP contribution is 2.26. The van der Waals surface area contributed by atoms with Crippen molar-refractivity contribution in [3.8, 4) is 0 Å². The molecule has 0 bridgehead atoms. The van der Waals surface area contributed by atoms with Crippen LogP contribution < -0.4 is 0 Å². The molecule has 0 aliphatic heterocycles. The fourth-order valence-electron chi connectivity index (χ4n) is 2.83. The maximum atomic E-state index is 12.3. The Morgan fingerprint density at radius 2 is 2.10 bits per heavy atom. The number of nitrogens with zero attached hydrogens (tertiary/aromatic N) is 1. The van der Waals surface area contributed by atoms with Gasteiger partial charge in [0, 0.05) is 24.9 Å². The maximum Gasteiger partial charge on any atom is 0.355 e. The van der Waals surface area contributed by atoms with E-state index in [-0.39, 0.29) is 23.4 Å². The molecule has 1 saturated carbocycles. The lowest BCUT2D eigenvalue weighted by Crippen LogP contribution is -2.33. The molecular formula is C15H23NO4S. The second-order valence-electron chi connectivity index (χ2n) is 6.04. The third-order valence-electron chi connectivity index (χ3n) is 4.00. The lowest BCUT2D eigenvalue weighted by Gasteiger charge is -2.28. The van der Waals surface area contributed by atoms with E-state index in [1.165, 1.54) is 6.26 Å². The van der Waals surface area contributed by atoms with Gasteiger partial charge in [0.05, 0.1) is 5.25 Å². The number of carbonyl (C=O) groups is 1. The zero-order chi connectivity index (χ0) is 15.6. The summed E-state index contributed by atoms with van der Waals surface area (Å²) in [5.74, 6) is -0.368. The summed E-state index contributed by atoms with van der Waals surface area (Å²) in [5, 5.41) is -0.388. The van der Waals surface area contributed by atoms with Gasteiger partial charge in [-0.2, -0.15) is 0 Å². The van der Waals surface area contributed by atoms with Crippen LogP contribution in [0.2, 0.25) is 0 Å². The number of hydrogen-bond donors (Lipinski definition) is 0. The Morgan fingerprint density at radius 1 is 1.38 bits per heavy atom. The molecule has 118 valence electrons. The van der Waals surface area contributed by atoms with Crippen LogP contribution in [0.4, 0.5) is 0 Å². The SMILES string of the molecule is CC(C)n1cccc1C(=O)O[C@@H]1CCC[C@H](S(C)(=O)=O)C1. The van der Waals surface area contributed by atoms with Crippen LogP contribution in [0, 0.1) is 0 Å². The van der Waals surface area contributed by atoms with Gasteiger partial charge in [0.2, 0.25) is 0 Å². The highest BCUT2D eigenvalue weighted by molar-refractivity contribution is 7.91. The number of carbonyl (C=O) groups excluding carboxylic acids is 1. The van der Waals surface area contributed by atoms with Gasteiger partial charge in [0.1, 0.15) is 21.6 Å². The van der Waals surface area contributed by atoms with Crippen molar-refractivity contribution >= 4 is 15.8 Å². The van der Waals surface area contributed by atoms with Crippen LogP contribution in [-0.4, -0.2) is 36.6 Å². The van der Waals surface area contributed by atoms with Crippen molar-refractivity contribution in [3.63, 3.8) is 0 Å². The fraction of sp³-hybridized carbons (Fsp3) is 0.667. The van der Waals surface area contributed by atoms with E-state index in [2.05, 4.69) is 0 Å². The summed E-state index contributed by atoms with van der Waals surface area (Å²) < 4.78 is 30.7. The number of hydrogen-bond acceptors (Lipinski definition) is 4. The predicted molar refractivity (Wildman–Crippen MR) is 81.1 cm³/mol. The smallest absolute Gasteiger partial charge is 0.355 e. The minimum atomic E-state index is -3.07. The molecule has 0 spiro atoms. The average Bonchev–Trinajstić information content (AvgIpc) is 2.87. The Hall–Kier alpha value is -1.30. The number of sulfone groups is 1. The molecule has 0 radical (unpaired) electrons. The van der Waals surface area contributed by atoms with Crippen molar-refractivity contribution in [2.45, 2.75) is 56.9 Å². The average molecular weight is 313 g/mol. The van der Waals surface area contributed by atoms with E-state index in [0.717, 1.165) is 12.8 Å². The highest BCUT2D eigenvalue weighted by Gasteiger charge is 2.31. The van der Waals surface area contributed by atoms with Crippen LogP contribution in [0.25, 0.3) is 0 Å². The Labute approximate surface area is 126 Å². The fourth-order valence-corrected chi connectivity index (χ4v) is 3.99. The first-order valence-electron chi connectivity index (χ1n) is 7.35. The van der Waals surface area contributed by atoms with Crippen molar-refractivity contribution in [2.24, 2.45) is 0 Å². The van der Waals surface area contributed by atoms with Crippen LogP contribution in [0.1, 0.15) is 56.1 Å². The van der Waals surface area contributed by atoms with E-state index in [1.54, 1.807) is 6.07 Å². The van der Waals surface area contributed by atoms with Gasteiger partial charge in [-0.05, 0) is 45.2 Å². The summed E-state index contributed by atoms with van der Waals surface area (Å²) in [5.41, 5.74) is 0.520. The van der Waals surface area contributed by atoms with E-state index in [0.29, 0.717) is 18.5 Å². The van der Waals surface area contributed by atoms with Gasteiger partial charge in [0.25, 0.3) is 0 Å². The molecule has 21 heavy (non-hydrogen) atoms. The Bertz CT molecular complexity index is 603. The minimum Gasteiger partial charge on any atom is -0.458 e. The molecule has 1 aliphatic rings. The van der Waals surface area contributed by atoms with Crippen molar-refractivity contribution in [1.29, 1.82) is 0 Å². The first kappa shape index (κ1) is 16.1. The van der Waals surface area contributed by atoms with E-state index < -0.39 is 9.84 Å². The molecule has 1 fully saturated rings. The number of rotatable bonds is 4. The van der Waals surface area contributed by atoms with E-state index in [1.807, 2.05) is 30.7 Å². The molecule has 0 aromatic carbocycles. The summed E-state index contributed by atoms with van der Waals surface area (Å²) in [6.07, 6.45) is 5.39. The van der Waals surface area contributed by atoms with Crippen molar-refractivity contribution < 1.29 is 17.9 Å². The molecule has 2 atom stereocenters. The molecule has 2 rings (SSSR count). The molecule has 6 heteroatoms. The Kier molecular flexibility index (Phi) is 4.76. The van der Waals surface area contributed by atoms with Crippen LogP contribution in [-0.2, 0) is 14.6 Å². The highest BCUT2D eigenvalue weighted by atomic mass is 32.2. The van der Waals surface area contributed by atoms with Crippen molar-refractivity contribution in [2.75, 3.05) is 6.26 Å². The number of aromatic nitrogens is 1. The van der Waals surface area contributed by atoms with Crippen LogP contribution in [0.3, 0.4) is 0 Å². The number of esters is 1. The third-order valence-corrected chi connectivity index (χ3v) is 5.64. The number of ether oxygens (including phenoxy) is 1. The van der Waals surface area contributed by atoms with Gasteiger partial charge in [0.15, 0.2) is 0 Å². The molecule has 1 heterocycles. The van der Waals surface area contributed by atoms with Gasteiger partial charge in [-0.1, -0.05) is 0 Å². The van der Waals surface area contributed by atoms with Crippen LogP contribution >= 0.6 is 0 Å². The van der Waals surface area contributed by atoms with E-state index in [4.69, 9.17) is 4.74 Å². The van der Waals surface area contributed by atoms with Crippen molar-refractivity contribution in [3.05, 3.63) is 24.0 Å². The van der Waals surface area contributed by atoms with Crippen LogP contribution in [0.15, 0.2) is 18.3 Å². The van der Waals surface area contributed by atoms with E-state index in [9.17, 15) is 13.2 Å². The van der Waals surface area contributed by atoms with Crippen LogP contribution in [0.5, 0.6) is 0 Å². The standard InChI is InChI=1S/C15H23NO4S/c1-11(2)16-9-5-8-14(16)15(17)20-12-6-4-7-13(10-12)21(3,18)19/h5,8-9,11-13H,4,6-7,10H2,1-3H3/t12-,13+/m1/s1. The Balaban J connectivity index is 2.04. The molecule has 5 nitrogen and oxygen atoms in total. The summed E-state index contributed by atoms with van der Waals surface area (Å²) in [6, 6.07) is 3.73. The summed E-state index contributed by atoms with van der Waals surface area (Å²) in [4.78, 5) is 12.3. The third kappa shape index (κ3) is 3.87. The first-order valence-corrected chi connectivity index (χ1v) is 9.31. The molecular weight excluding hydrogens is 290 g/mol. The zero-order valence-electron chi connectivity index (χ0n) is 12.8. The monoisotopic (exact) mass is 313 g/mol. The topological polar surface area (TPSA) is 65.4 Å². The Morgan fingerprint density at radius 3 is 2.71 bits per heavy atom. The molecule has 0 unspecified atom stereocenters. The van der Waals surface area contributed by atoms with Gasteiger partial charge in [-0.3, -0.25) is 0 Å². The normalized spacial score (nSPS) is 23.2. The quantitative estimate of drug-likeness (QED) is 0.801. The molecule has 1 aliphatic carbocycles. The first-order chi connectivity index (χ1) is 9.79. The summed E-state index contributed by atoms with van der Waals surface area (Å²) in [6.45, 7) is 3.99. The summed E-state index contributed by atoms with van der Waals surface area (Å²) >= 11 is 0.